The molecule has 1 aromatic rings. The Bertz CT molecular complexity index is 375. The first-order chi connectivity index (χ1) is 7.59. The van der Waals surface area contributed by atoms with Crippen LogP contribution in [-0.2, 0) is 4.74 Å². The Labute approximate surface area is 101 Å². The van der Waals surface area contributed by atoms with Crippen molar-refractivity contribution >= 4 is 23.0 Å². The Morgan fingerprint density at radius 1 is 1.56 bits per heavy atom. The minimum absolute atomic E-state index is 0.0746. The molecular formula is C12H17ClN2O. The maximum absolute atomic E-state index is 5.92. The van der Waals surface area contributed by atoms with Gasteiger partial charge in [-0.3, -0.25) is 0 Å². The van der Waals surface area contributed by atoms with Gasteiger partial charge in [-0.15, -0.1) is 0 Å². The van der Waals surface area contributed by atoms with Crippen LogP contribution in [0.1, 0.15) is 19.8 Å². The summed E-state index contributed by atoms with van der Waals surface area (Å²) in [5, 5.41) is 3.99. The van der Waals surface area contributed by atoms with Crippen LogP contribution < -0.4 is 11.1 Å². The predicted molar refractivity (Wildman–Crippen MR) is 67.9 cm³/mol. The first kappa shape index (κ1) is 11.6. The van der Waals surface area contributed by atoms with E-state index in [9.17, 15) is 0 Å². The van der Waals surface area contributed by atoms with Gasteiger partial charge in [0.25, 0.3) is 0 Å². The van der Waals surface area contributed by atoms with Crippen LogP contribution in [-0.4, -0.2) is 18.8 Å². The molecule has 0 radical (unpaired) electrons. The molecule has 3 N–H and O–H groups in total. The average molecular weight is 241 g/mol. The molecule has 1 aliphatic heterocycles. The van der Waals surface area contributed by atoms with Crippen molar-refractivity contribution in [3.05, 3.63) is 23.2 Å². The van der Waals surface area contributed by atoms with E-state index in [0.717, 1.165) is 31.7 Å². The largest absolute Gasteiger partial charge is 0.397 e. The predicted octanol–water partition coefficient (Wildman–Crippen LogP) is 2.90. The molecule has 0 bridgehead atoms. The fraction of sp³-hybridized carbons (Fsp3) is 0.500. The Morgan fingerprint density at radius 2 is 2.38 bits per heavy atom. The molecule has 1 unspecified atom stereocenters. The molecule has 2 rings (SSSR count). The number of halogens is 1. The van der Waals surface area contributed by atoms with Crippen LogP contribution in [0.25, 0.3) is 0 Å². The zero-order valence-electron chi connectivity index (χ0n) is 9.42. The molecule has 16 heavy (non-hydrogen) atoms. The Morgan fingerprint density at radius 3 is 3.06 bits per heavy atom. The van der Waals surface area contributed by atoms with E-state index in [2.05, 4.69) is 12.2 Å². The van der Waals surface area contributed by atoms with Crippen LogP contribution in [0, 0.1) is 0 Å². The van der Waals surface area contributed by atoms with Crippen molar-refractivity contribution < 1.29 is 4.74 Å². The molecule has 0 spiro atoms. The van der Waals surface area contributed by atoms with Crippen molar-refractivity contribution in [2.45, 2.75) is 25.4 Å². The third kappa shape index (κ3) is 2.60. The van der Waals surface area contributed by atoms with Gasteiger partial charge in [0.15, 0.2) is 0 Å². The highest BCUT2D eigenvalue weighted by atomic mass is 35.5. The molecule has 0 amide bonds. The van der Waals surface area contributed by atoms with Gasteiger partial charge in [-0.1, -0.05) is 11.6 Å². The topological polar surface area (TPSA) is 47.3 Å². The minimum atomic E-state index is -0.0746. The van der Waals surface area contributed by atoms with Gasteiger partial charge < -0.3 is 15.8 Å². The summed E-state index contributed by atoms with van der Waals surface area (Å²) in [5.74, 6) is 0. The van der Waals surface area contributed by atoms with Crippen LogP contribution in [0.15, 0.2) is 18.2 Å². The van der Waals surface area contributed by atoms with Gasteiger partial charge in [-0.2, -0.15) is 0 Å². The van der Waals surface area contributed by atoms with E-state index in [0.29, 0.717) is 10.7 Å². The van der Waals surface area contributed by atoms with E-state index < -0.39 is 0 Å². The van der Waals surface area contributed by atoms with E-state index in [4.69, 9.17) is 22.1 Å². The van der Waals surface area contributed by atoms with Gasteiger partial charge in [-0.05, 0) is 38.0 Å². The number of nitrogen functional groups attached to an aromatic ring is 1. The Balaban J connectivity index is 2.01. The number of hydrogen-bond donors (Lipinski definition) is 2. The lowest BCUT2D eigenvalue weighted by Gasteiger charge is -2.24. The molecule has 1 aliphatic rings. The lowest BCUT2D eigenvalue weighted by atomic mass is 10.0. The van der Waals surface area contributed by atoms with Crippen molar-refractivity contribution in [1.82, 2.24) is 0 Å². The number of ether oxygens (including phenoxy) is 1. The molecule has 0 aliphatic carbocycles. The summed E-state index contributed by atoms with van der Waals surface area (Å²) in [7, 11) is 0. The standard InChI is InChI=1S/C12H17ClN2O/c1-12(5-2-6-16-12)8-15-11-7-9(13)3-4-10(11)14/h3-4,7,15H,2,5-6,8,14H2,1H3. The second kappa shape index (κ2) is 4.52. The quantitative estimate of drug-likeness (QED) is 0.799. The number of nitrogens with one attached hydrogen (secondary N) is 1. The third-order valence-electron chi connectivity index (χ3n) is 2.97. The van der Waals surface area contributed by atoms with E-state index in [1.807, 2.05) is 12.1 Å². The van der Waals surface area contributed by atoms with E-state index in [-0.39, 0.29) is 5.60 Å². The number of benzene rings is 1. The van der Waals surface area contributed by atoms with E-state index >= 15 is 0 Å². The van der Waals surface area contributed by atoms with Crippen LogP contribution >= 0.6 is 11.6 Å². The molecule has 88 valence electrons. The van der Waals surface area contributed by atoms with Gasteiger partial charge in [-0.25, -0.2) is 0 Å². The van der Waals surface area contributed by atoms with Crippen molar-refractivity contribution in [2.75, 3.05) is 24.2 Å². The molecule has 4 heteroatoms. The molecule has 1 heterocycles. The Hall–Kier alpha value is -0.930. The lowest BCUT2D eigenvalue weighted by Crippen LogP contribution is -2.32. The van der Waals surface area contributed by atoms with Crippen molar-refractivity contribution in [3.63, 3.8) is 0 Å². The second-order valence-corrected chi connectivity index (χ2v) is 4.92. The molecule has 1 saturated heterocycles. The molecule has 1 aromatic carbocycles. The fourth-order valence-electron chi connectivity index (χ4n) is 1.94. The summed E-state index contributed by atoms with van der Waals surface area (Å²) in [6, 6.07) is 5.44. The van der Waals surface area contributed by atoms with Gasteiger partial charge in [0, 0.05) is 18.2 Å². The normalized spacial score (nSPS) is 24.6. The van der Waals surface area contributed by atoms with Gasteiger partial charge in [0.1, 0.15) is 0 Å². The third-order valence-corrected chi connectivity index (χ3v) is 3.20. The summed E-state index contributed by atoms with van der Waals surface area (Å²) in [5.41, 5.74) is 7.37. The highest BCUT2D eigenvalue weighted by molar-refractivity contribution is 6.31. The summed E-state index contributed by atoms with van der Waals surface area (Å²) < 4.78 is 5.70. The summed E-state index contributed by atoms with van der Waals surface area (Å²) in [6.45, 7) is 3.73. The second-order valence-electron chi connectivity index (χ2n) is 4.49. The molecule has 1 atom stereocenters. The number of anilines is 2. The first-order valence-electron chi connectivity index (χ1n) is 5.52. The molecule has 1 fully saturated rings. The van der Waals surface area contributed by atoms with Crippen LogP contribution in [0.2, 0.25) is 5.02 Å². The fourth-order valence-corrected chi connectivity index (χ4v) is 2.11. The average Bonchev–Trinajstić information content (AvgIpc) is 2.67. The highest BCUT2D eigenvalue weighted by Crippen LogP contribution is 2.28. The number of nitrogens with two attached hydrogens (primary N) is 1. The maximum atomic E-state index is 5.92. The van der Waals surface area contributed by atoms with Crippen molar-refractivity contribution in [3.8, 4) is 0 Å². The summed E-state index contributed by atoms with van der Waals surface area (Å²) in [4.78, 5) is 0. The van der Waals surface area contributed by atoms with E-state index in [1.165, 1.54) is 0 Å². The molecule has 0 aromatic heterocycles. The molecule has 0 saturated carbocycles. The van der Waals surface area contributed by atoms with Gasteiger partial charge in [0.2, 0.25) is 0 Å². The van der Waals surface area contributed by atoms with Crippen molar-refractivity contribution in [2.24, 2.45) is 0 Å². The number of rotatable bonds is 3. The van der Waals surface area contributed by atoms with Gasteiger partial charge >= 0.3 is 0 Å². The van der Waals surface area contributed by atoms with Gasteiger partial charge in [0.05, 0.1) is 17.0 Å². The van der Waals surface area contributed by atoms with Crippen LogP contribution in [0.5, 0.6) is 0 Å². The SMILES string of the molecule is CC1(CNc2cc(Cl)ccc2N)CCCO1. The lowest BCUT2D eigenvalue weighted by molar-refractivity contribution is 0.0315. The minimum Gasteiger partial charge on any atom is -0.397 e. The van der Waals surface area contributed by atoms with E-state index in [1.54, 1.807) is 6.07 Å². The monoisotopic (exact) mass is 240 g/mol. The van der Waals surface area contributed by atoms with Crippen LogP contribution in [0.3, 0.4) is 0 Å². The maximum Gasteiger partial charge on any atom is 0.0826 e. The Kier molecular flexibility index (Phi) is 3.26. The van der Waals surface area contributed by atoms with Crippen LogP contribution in [0.4, 0.5) is 11.4 Å². The highest BCUT2D eigenvalue weighted by Gasteiger charge is 2.29. The zero-order chi connectivity index (χ0) is 11.6. The first-order valence-corrected chi connectivity index (χ1v) is 5.90. The zero-order valence-corrected chi connectivity index (χ0v) is 10.2. The molecule has 3 nitrogen and oxygen atoms in total. The van der Waals surface area contributed by atoms with Crippen molar-refractivity contribution in [1.29, 1.82) is 0 Å². The smallest absolute Gasteiger partial charge is 0.0826 e. The molecular weight excluding hydrogens is 224 g/mol. The summed E-state index contributed by atoms with van der Waals surface area (Å²) >= 11 is 5.92. The summed E-state index contributed by atoms with van der Waals surface area (Å²) in [6.07, 6.45) is 2.21. The number of hydrogen-bond acceptors (Lipinski definition) is 3.